The number of ether oxygens (including phenoxy) is 3. The molecule has 0 radical (unpaired) electrons. The van der Waals surface area contributed by atoms with E-state index in [1.54, 1.807) is 32.4 Å². The summed E-state index contributed by atoms with van der Waals surface area (Å²) in [6, 6.07) is 14.5. The number of aliphatic hydroxyl groups excluding tert-OH is 1. The van der Waals surface area contributed by atoms with Gasteiger partial charge in [0.1, 0.15) is 23.0 Å². The Kier molecular flexibility index (Phi) is 5.58. The Hall–Kier alpha value is -3.12. The highest BCUT2D eigenvalue weighted by Crippen LogP contribution is 2.45. The summed E-state index contributed by atoms with van der Waals surface area (Å²) in [4.78, 5) is 6.45. The number of aromatic nitrogens is 1. The Morgan fingerprint density at radius 2 is 1.97 bits per heavy atom. The molecule has 0 amide bonds. The third-order valence-electron chi connectivity index (χ3n) is 5.58. The van der Waals surface area contributed by atoms with Crippen molar-refractivity contribution in [2.75, 3.05) is 25.7 Å². The molecule has 8 heteroatoms. The molecule has 3 aromatic rings. The van der Waals surface area contributed by atoms with Crippen molar-refractivity contribution in [1.82, 2.24) is 4.98 Å². The van der Waals surface area contributed by atoms with Gasteiger partial charge in [-0.2, -0.15) is 10.2 Å². The highest BCUT2D eigenvalue weighted by molar-refractivity contribution is 5.74. The number of nitriles is 1. The van der Waals surface area contributed by atoms with Crippen molar-refractivity contribution in [2.24, 2.45) is 0 Å². The molecule has 1 aromatic heterocycles. The minimum absolute atomic E-state index is 0.230. The fraction of sp³-hybridized carbons (Fsp3) is 0.391. The molecule has 1 aliphatic heterocycles. The number of nitrogens with zero attached hydrogens (tertiary/aromatic N) is 3. The second-order valence-corrected chi connectivity index (χ2v) is 7.98. The lowest BCUT2D eigenvalue weighted by Crippen LogP contribution is -2.55. The van der Waals surface area contributed by atoms with Crippen LogP contribution >= 0.6 is 0 Å². The summed E-state index contributed by atoms with van der Waals surface area (Å²) in [6.07, 6.45) is -1.56. The zero-order chi connectivity index (χ0) is 22.2. The molecule has 0 fully saturated rings. The van der Waals surface area contributed by atoms with Gasteiger partial charge in [0, 0.05) is 19.8 Å². The molecule has 0 saturated carbocycles. The molecule has 0 aliphatic carbocycles. The van der Waals surface area contributed by atoms with E-state index in [4.69, 9.17) is 18.6 Å². The van der Waals surface area contributed by atoms with Crippen LogP contribution in [-0.4, -0.2) is 48.8 Å². The average molecular weight is 423 g/mol. The molecule has 2 atom stereocenters. The zero-order valence-corrected chi connectivity index (χ0v) is 17.9. The van der Waals surface area contributed by atoms with Gasteiger partial charge in [0.25, 0.3) is 6.01 Å². The van der Waals surface area contributed by atoms with Crippen LogP contribution < -0.4 is 9.64 Å². The van der Waals surface area contributed by atoms with Crippen molar-refractivity contribution in [3.05, 3.63) is 53.6 Å². The molecule has 0 bridgehead atoms. The van der Waals surface area contributed by atoms with Crippen molar-refractivity contribution < 1.29 is 23.7 Å². The highest BCUT2D eigenvalue weighted by Gasteiger charge is 2.47. The first-order chi connectivity index (χ1) is 14.9. The van der Waals surface area contributed by atoms with Gasteiger partial charge in [-0.3, -0.25) is 0 Å². The minimum atomic E-state index is -0.960. The number of hydrogen-bond acceptors (Lipinski definition) is 8. The van der Waals surface area contributed by atoms with E-state index in [0.717, 1.165) is 0 Å². The van der Waals surface area contributed by atoms with Crippen molar-refractivity contribution in [2.45, 2.75) is 37.9 Å². The lowest BCUT2D eigenvalue weighted by Gasteiger charge is -2.46. The van der Waals surface area contributed by atoms with Gasteiger partial charge in [-0.15, -0.1) is 0 Å². The smallest absolute Gasteiger partial charge is 0.299 e. The highest BCUT2D eigenvalue weighted by atomic mass is 16.7. The Bertz CT molecular complexity index is 1080. The molecular weight excluding hydrogens is 398 g/mol. The van der Waals surface area contributed by atoms with Gasteiger partial charge in [0.2, 0.25) is 0 Å². The molecule has 1 N–H and O–H groups in total. The first-order valence-corrected chi connectivity index (χ1v) is 9.97. The second-order valence-electron chi connectivity index (χ2n) is 7.98. The van der Waals surface area contributed by atoms with Crippen molar-refractivity contribution >= 4 is 17.1 Å². The Balaban J connectivity index is 1.89. The van der Waals surface area contributed by atoms with Crippen LogP contribution in [0.4, 0.5) is 6.01 Å². The predicted molar refractivity (Wildman–Crippen MR) is 114 cm³/mol. The van der Waals surface area contributed by atoms with Crippen LogP contribution in [0.1, 0.15) is 31.0 Å². The zero-order valence-electron chi connectivity index (χ0n) is 17.9. The van der Waals surface area contributed by atoms with Crippen LogP contribution in [0.15, 0.2) is 46.9 Å². The summed E-state index contributed by atoms with van der Waals surface area (Å²) < 4.78 is 23.0. The molecule has 2 aromatic carbocycles. The van der Waals surface area contributed by atoms with E-state index in [-0.39, 0.29) is 6.54 Å². The molecule has 4 rings (SSSR count). The molecule has 162 valence electrons. The van der Waals surface area contributed by atoms with Crippen LogP contribution in [-0.2, 0) is 9.47 Å². The number of hydrogen-bond donors (Lipinski definition) is 1. The summed E-state index contributed by atoms with van der Waals surface area (Å²) >= 11 is 0. The first kappa shape index (κ1) is 21.1. The quantitative estimate of drug-likeness (QED) is 0.602. The third kappa shape index (κ3) is 3.83. The van der Waals surface area contributed by atoms with E-state index in [9.17, 15) is 10.4 Å². The van der Waals surface area contributed by atoms with Crippen molar-refractivity contribution in [3.63, 3.8) is 0 Å². The van der Waals surface area contributed by atoms with Gasteiger partial charge in [0.15, 0.2) is 11.9 Å². The van der Waals surface area contributed by atoms with Gasteiger partial charge in [-0.25, -0.2) is 0 Å². The summed E-state index contributed by atoms with van der Waals surface area (Å²) in [7, 11) is 3.09. The fourth-order valence-electron chi connectivity index (χ4n) is 3.87. The first-order valence-electron chi connectivity index (χ1n) is 9.97. The van der Waals surface area contributed by atoms with Crippen LogP contribution in [0, 0.1) is 11.3 Å². The average Bonchev–Trinajstić information content (AvgIpc) is 3.20. The Morgan fingerprint density at radius 3 is 2.65 bits per heavy atom. The summed E-state index contributed by atoms with van der Waals surface area (Å²) in [5.74, 6) is 0.590. The Morgan fingerprint density at radius 1 is 1.23 bits per heavy atom. The van der Waals surface area contributed by atoms with Gasteiger partial charge in [-0.1, -0.05) is 12.1 Å². The fourth-order valence-corrected chi connectivity index (χ4v) is 3.87. The second kappa shape index (κ2) is 8.19. The maximum Gasteiger partial charge on any atom is 0.299 e. The van der Waals surface area contributed by atoms with Gasteiger partial charge < -0.3 is 28.6 Å². The largest absolute Gasteiger partial charge is 0.485 e. The third-order valence-corrected chi connectivity index (χ3v) is 5.58. The topological polar surface area (TPSA) is 101 Å². The standard InChI is InChI=1S/C23H25N3O5/c1-23(2)21(27)20(15-11-14(12-24)9-10-17(15)31-23)26(13-19(28-3)29-4)22-25-16-7-5-6-8-18(16)30-22/h5-11,19-21,27H,13H2,1-4H3/t20-,21+/m0/s1. The van der Waals surface area contributed by atoms with Gasteiger partial charge in [0.05, 0.1) is 24.2 Å². The predicted octanol–water partition coefficient (Wildman–Crippen LogP) is 3.40. The number of benzene rings is 2. The molecule has 8 nitrogen and oxygen atoms in total. The molecular formula is C23H25N3O5. The maximum atomic E-state index is 11.4. The monoisotopic (exact) mass is 423 g/mol. The summed E-state index contributed by atoms with van der Waals surface area (Å²) in [5.41, 5.74) is 1.55. The number of anilines is 1. The molecule has 0 unspecified atom stereocenters. The maximum absolute atomic E-state index is 11.4. The molecule has 0 spiro atoms. The van der Waals surface area contributed by atoms with E-state index >= 15 is 0 Å². The van der Waals surface area contributed by atoms with Crippen molar-refractivity contribution in [1.29, 1.82) is 5.26 Å². The van der Waals surface area contributed by atoms with Crippen LogP contribution in [0.3, 0.4) is 0 Å². The van der Waals surface area contributed by atoms with E-state index in [1.807, 2.05) is 43.0 Å². The summed E-state index contributed by atoms with van der Waals surface area (Å²) in [6.45, 7) is 3.87. The minimum Gasteiger partial charge on any atom is -0.485 e. The van der Waals surface area contributed by atoms with E-state index < -0.39 is 24.0 Å². The Labute approximate surface area is 180 Å². The molecule has 2 heterocycles. The lowest BCUT2D eigenvalue weighted by molar-refractivity contribution is -0.102. The molecule has 0 saturated heterocycles. The normalized spacial score (nSPS) is 19.6. The van der Waals surface area contributed by atoms with Crippen molar-refractivity contribution in [3.8, 4) is 11.8 Å². The number of oxazole rings is 1. The molecule has 1 aliphatic rings. The van der Waals surface area contributed by atoms with E-state index in [1.165, 1.54) is 0 Å². The van der Waals surface area contributed by atoms with Crippen LogP contribution in [0.2, 0.25) is 0 Å². The van der Waals surface area contributed by atoms with Crippen LogP contribution in [0.5, 0.6) is 5.75 Å². The summed E-state index contributed by atoms with van der Waals surface area (Å²) in [5, 5.41) is 20.8. The van der Waals surface area contributed by atoms with Gasteiger partial charge >= 0.3 is 0 Å². The SMILES string of the molecule is COC(CN(c1nc2ccccc2o1)[C@H]1c2cc(C#N)ccc2OC(C)(C)[C@@H]1O)OC. The van der Waals surface area contributed by atoms with E-state index in [0.29, 0.717) is 34.0 Å². The lowest BCUT2D eigenvalue weighted by atomic mass is 9.85. The number of rotatable bonds is 6. The number of fused-ring (bicyclic) bond motifs is 2. The van der Waals surface area contributed by atoms with Crippen LogP contribution in [0.25, 0.3) is 11.1 Å². The number of para-hydroxylation sites is 2. The van der Waals surface area contributed by atoms with E-state index in [2.05, 4.69) is 11.1 Å². The molecule has 31 heavy (non-hydrogen) atoms. The number of aliphatic hydroxyl groups is 1. The van der Waals surface area contributed by atoms with Gasteiger partial charge in [-0.05, 0) is 44.2 Å². The number of methoxy groups -OCH3 is 2.